The number of para-hydroxylation sites is 2. The molecule has 5 heteroatoms. The topological polar surface area (TPSA) is 43.5 Å². The number of halogens is 1. The van der Waals surface area contributed by atoms with Crippen LogP contribution in [0.4, 0.5) is 11.4 Å². The molecule has 2 aliphatic heterocycles. The minimum Gasteiger partial charge on any atom is -0.481 e. The van der Waals surface area contributed by atoms with Gasteiger partial charge in [-0.2, -0.15) is 4.58 Å². The van der Waals surface area contributed by atoms with Gasteiger partial charge in [0.25, 0.3) is 0 Å². The van der Waals surface area contributed by atoms with Crippen LogP contribution in [0.5, 0.6) is 0 Å². The van der Waals surface area contributed by atoms with E-state index >= 15 is 0 Å². The number of benzene rings is 2. The Morgan fingerprint density at radius 1 is 0.911 bits per heavy atom. The fourth-order valence-electron chi connectivity index (χ4n) is 7.40. The number of carboxylic acids is 1. The van der Waals surface area contributed by atoms with Crippen LogP contribution in [-0.2, 0) is 15.6 Å². The zero-order valence-corrected chi connectivity index (χ0v) is 28.6. The molecule has 0 radical (unpaired) electrons. The molecule has 4 nitrogen and oxygen atoms in total. The summed E-state index contributed by atoms with van der Waals surface area (Å²) < 4.78 is 2.39. The molecule has 0 amide bonds. The Labute approximate surface area is 275 Å². The predicted molar refractivity (Wildman–Crippen MR) is 189 cm³/mol. The normalized spacial score (nSPS) is 20.5. The SMILES string of the molecule is CCCCCN1/C(=C/C=C2\CCCC(/C=C/C3=[N+](CCCCC(=O)O)c4ccccc4C3(C)C)=C2Cl)C(C)(C)c2ccccc21. The number of fused-ring (bicyclic) bond motifs is 2. The molecule has 45 heavy (non-hydrogen) atoms. The van der Waals surface area contributed by atoms with E-state index in [0.29, 0.717) is 6.42 Å². The highest BCUT2D eigenvalue weighted by atomic mass is 35.5. The van der Waals surface area contributed by atoms with E-state index < -0.39 is 5.97 Å². The van der Waals surface area contributed by atoms with Crippen molar-refractivity contribution in [3.8, 4) is 0 Å². The quantitative estimate of drug-likeness (QED) is 0.188. The Morgan fingerprint density at radius 3 is 2.40 bits per heavy atom. The number of allylic oxidation sites excluding steroid dienone is 8. The van der Waals surface area contributed by atoms with Crippen molar-refractivity contribution in [1.82, 2.24) is 0 Å². The number of carbonyl (C=O) groups is 1. The van der Waals surface area contributed by atoms with E-state index in [1.807, 2.05) is 0 Å². The van der Waals surface area contributed by atoms with Crippen LogP contribution in [0, 0.1) is 0 Å². The van der Waals surface area contributed by atoms with E-state index in [9.17, 15) is 4.79 Å². The standard InChI is InChI=1S/C40H49ClN2O2/c1-6-7-13-27-42-33-20-10-8-18-31(33)39(2,3)35(42)25-23-29-16-15-17-30(38(29)41)24-26-36-40(4,5)32-19-9-11-21-34(32)43(36)28-14-12-22-37(44)45/h8-11,18-21,23-26H,6-7,12-17,22,27-28H2,1-5H3/p+1. The summed E-state index contributed by atoms with van der Waals surface area (Å²) >= 11 is 7.19. The third-order valence-corrected chi connectivity index (χ3v) is 10.4. The minimum atomic E-state index is -0.732. The maximum absolute atomic E-state index is 11.1. The van der Waals surface area contributed by atoms with Crippen molar-refractivity contribution in [2.75, 3.05) is 18.0 Å². The number of nitrogens with zero attached hydrogens (tertiary/aromatic N) is 2. The van der Waals surface area contributed by atoms with Gasteiger partial charge in [-0.3, -0.25) is 4.79 Å². The summed E-state index contributed by atoms with van der Waals surface area (Å²) in [5, 5.41) is 10.0. The predicted octanol–water partition coefficient (Wildman–Crippen LogP) is 10.3. The number of aliphatic carboxylic acids is 1. The first-order chi connectivity index (χ1) is 21.6. The Hall–Kier alpha value is -3.37. The Morgan fingerprint density at radius 2 is 1.64 bits per heavy atom. The van der Waals surface area contributed by atoms with Crippen LogP contribution in [0.2, 0.25) is 0 Å². The summed E-state index contributed by atoms with van der Waals surface area (Å²) in [6.45, 7) is 13.3. The molecule has 2 aromatic carbocycles. The second-order valence-corrected chi connectivity index (χ2v) is 14.2. The fraction of sp³-hybridized carbons (Fsp3) is 0.450. The lowest BCUT2D eigenvalue weighted by Gasteiger charge is -2.27. The summed E-state index contributed by atoms with van der Waals surface area (Å²) in [6.07, 6.45) is 17.5. The second kappa shape index (κ2) is 14.0. The minimum absolute atomic E-state index is 0.0684. The van der Waals surface area contributed by atoms with Gasteiger partial charge in [-0.15, -0.1) is 0 Å². The second-order valence-electron chi connectivity index (χ2n) is 13.8. The highest BCUT2D eigenvalue weighted by Crippen LogP contribution is 2.48. The summed E-state index contributed by atoms with van der Waals surface area (Å²) in [6, 6.07) is 17.5. The van der Waals surface area contributed by atoms with E-state index in [-0.39, 0.29) is 17.3 Å². The van der Waals surface area contributed by atoms with Crippen LogP contribution in [0.1, 0.15) is 104 Å². The first-order valence-corrected chi connectivity index (χ1v) is 17.3. The number of hydrogen-bond acceptors (Lipinski definition) is 2. The van der Waals surface area contributed by atoms with Crippen LogP contribution < -0.4 is 4.90 Å². The highest BCUT2D eigenvalue weighted by Gasteiger charge is 2.44. The van der Waals surface area contributed by atoms with Gasteiger partial charge in [0.2, 0.25) is 5.69 Å². The highest BCUT2D eigenvalue weighted by molar-refractivity contribution is 6.32. The van der Waals surface area contributed by atoms with Crippen molar-refractivity contribution in [2.45, 2.75) is 103 Å². The van der Waals surface area contributed by atoms with Crippen molar-refractivity contribution in [3.05, 3.63) is 106 Å². The Bertz CT molecular complexity index is 1590. The van der Waals surface area contributed by atoms with Gasteiger partial charge >= 0.3 is 5.97 Å². The number of unbranched alkanes of at least 4 members (excludes halogenated alkanes) is 3. The van der Waals surface area contributed by atoms with Crippen molar-refractivity contribution in [3.63, 3.8) is 0 Å². The lowest BCUT2D eigenvalue weighted by atomic mass is 9.81. The molecule has 0 aromatic heterocycles. The van der Waals surface area contributed by atoms with Crippen LogP contribution >= 0.6 is 11.6 Å². The molecule has 0 saturated heterocycles. The van der Waals surface area contributed by atoms with Crippen molar-refractivity contribution in [1.29, 1.82) is 0 Å². The zero-order chi connectivity index (χ0) is 32.2. The lowest BCUT2D eigenvalue weighted by Crippen LogP contribution is -2.28. The summed E-state index contributed by atoms with van der Waals surface area (Å²) in [5.41, 5.74) is 10.0. The molecular weight excluding hydrogens is 576 g/mol. The van der Waals surface area contributed by atoms with E-state index in [1.54, 1.807) is 0 Å². The molecular formula is C40H50ClN2O2+. The molecule has 2 aromatic rings. The molecule has 5 rings (SSSR count). The van der Waals surface area contributed by atoms with Crippen LogP contribution in [-0.4, -0.2) is 34.5 Å². The zero-order valence-electron chi connectivity index (χ0n) is 27.8. The molecule has 2 heterocycles. The van der Waals surface area contributed by atoms with Crippen LogP contribution in [0.25, 0.3) is 0 Å². The van der Waals surface area contributed by atoms with Gasteiger partial charge in [0.1, 0.15) is 6.54 Å². The first-order valence-electron chi connectivity index (χ1n) is 16.9. The monoisotopic (exact) mass is 625 g/mol. The van der Waals surface area contributed by atoms with E-state index in [4.69, 9.17) is 16.7 Å². The smallest absolute Gasteiger partial charge is 0.303 e. The van der Waals surface area contributed by atoms with Crippen molar-refractivity contribution in [2.24, 2.45) is 0 Å². The van der Waals surface area contributed by atoms with E-state index in [2.05, 4.69) is 117 Å². The van der Waals surface area contributed by atoms with E-state index in [0.717, 1.165) is 43.8 Å². The van der Waals surface area contributed by atoms with Crippen LogP contribution in [0.15, 0.2) is 94.7 Å². The Kier molecular flexibility index (Phi) is 10.2. The third kappa shape index (κ3) is 6.77. The number of rotatable bonds is 12. The molecule has 0 atom stereocenters. The largest absolute Gasteiger partial charge is 0.481 e. The molecule has 0 bridgehead atoms. The maximum Gasteiger partial charge on any atom is 0.303 e. The molecule has 0 fully saturated rings. The summed E-state index contributed by atoms with van der Waals surface area (Å²) in [7, 11) is 0. The molecule has 0 unspecified atom stereocenters. The fourth-order valence-corrected chi connectivity index (χ4v) is 7.71. The van der Waals surface area contributed by atoms with Gasteiger partial charge in [-0.25, -0.2) is 0 Å². The number of anilines is 1. The van der Waals surface area contributed by atoms with Crippen LogP contribution in [0.3, 0.4) is 0 Å². The van der Waals surface area contributed by atoms with Gasteiger partial charge in [0.05, 0.1) is 5.41 Å². The average Bonchev–Trinajstić information content (AvgIpc) is 3.36. The average molecular weight is 626 g/mol. The number of carboxylic acid groups (broad SMARTS) is 1. The van der Waals surface area contributed by atoms with Gasteiger partial charge in [-0.05, 0) is 74.8 Å². The molecule has 1 N–H and O–H groups in total. The van der Waals surface area contributed by atoms with Crippen molar-refractivity contribution < 1.29 is 14.5 Å². The van der Waals surface area contributed by atoms with Crippen molar-refractivity contribution >= 4 is 34.7 Å². The third-order valence-electron chi connectivity index (χ3n) is 9.95. The Balaban J connectivity index is 1.45. The van der Waals surface area contributed by atoms with Gasteiger partial charge < -0.3 is 10.0 Å². The summed E-state index contributed by atoms with van der Waals surface area (Å²) in [5.74, 6) is -0.732. The van der Waals surface area contributed by atoms with E-state index in [1.165, 1.54) is 64.3 Å². The van der Waals surface area contributed by atoms with Gasteiger partial charge in [-0.1, -0.05) is 93.8 Å². The first kappa shape index (κ1) is 33.0. The number of hydrogen-bond donors (Lipinski definition) is 1. The maximum atomic E-state index is 11.1. The molecule has 3 aliphatic rings. The van der Waals surface area contributed by atoms with Gasteiger partial charge in [0.15, 0.2) is 5.71 Å². The molecule has 0 spiro atoms. The molecule has 0 saturated carbocycles. The molecule has 1 aliphatic carbocycles. The summed E-state index contributed by atoms with van der Waals surface area (Å²) in [4.78, 5) is 13.6. The van der Waals surface area contributed by atoms with Gasteiger partial charge in [0, 0.05) is 58.9 Å². The lowest BCUT2D eigenvalue weighted by molar-refractivity contribution is -0.438. The molecule has 238 valence electrons.